The fourth-order valence-electron chi connectivity index (χ4n) is 1.86. The number of hydrogen-bond acceptors (Lipinski definition) is 5. The van der Waals surface area contributed by atoms with Crippen molar-refractivity contribution in [2.24, 2.45) is 0 Å². The van der Waals surface area contributed by atoms with Gasteiger partial charge in [0.2, 0.25) is 0 Å². The third kappa shape index (κ3) is 3.84. The number of para-hydroxylation sites is 1. The molecule has 8 heteroatoms. The molecule has 24 heavy (non-hydrogen) atoms. The van der Waals surface area contributed by atoms with Crippen molar-refractivity contribution in [2.45, 2.75) is 13.0 Å². The number of carbonyl (C=O) groups is 1. The second-order valence-electron chi connectivity index (χ2n) is 4.78. The van der Waals surface area contributed by atoms with Crippen LogP contribution in [0.4, 0.5) is 15.8 Å². The number of hydrogen-bond donors (Lipinski definition) is 1. The zero-order valence-corrected chi connectivity index (χ0v) is 12.5. The zero-order valence-electron chi connectivity index (χ0n) is 12.5. The van der Waals surface area contributed by atoms with Crippen molar-refractivity contribution in [2.75, 3.05) is 5.32 Å². The van der Waals surface area contributed by atoms with Gasteiger partial charge in [0.15, 0.2) is 6.10 Å². The van der Waals surface area contributed by atoms with Crippen LogP contribution in [0.2, 0.25) is 0 Å². The molecule has 0 spiro atoms. The monoisotopic (exact) mass is 329 g/mol. The average Bonchev–Trinajstić information content (AvgIpc) is 2.57. The van der Waals surface area contributed by atoms with Gasteiger partial charge in [0, 0.05) is 12.1 Å². The maximum absolute atomic E-state index is 13.7. The number of nitrogens with one attached hydrogen (secondary N) is 1. The SMILES string of the molecule is CC(Oc1ccccc1C#N)C(=O)Nc1cc([N+](=O)[O-])ccc1F. The summed E-state index contributed by atoms with van der Waals surface area (Å²) in [5.74, 6) is -1.30. The molecule has 1 N–H and O–H groups in total. The van der Waals surface area contributed by atoms with Gasteiger partial charge in [-0.2, -0.15) is 5.26 Å². The van der Waals surface area contributed by atoms with E-state index in [4.69, 9.17) is 10.00 Å². The van der Waals surface area contributed by atoms with Gasteiger partial charge in [0.25, 0.3) is 11.6 Å². The molecule has 0 saturated carbocycles. The Bertz CT molecular complexity index is 832. The lowest BCUT2D eigenvalue weighted by Gasteiger charge is -2.15. The Labute approximate surface area is 136 Å². The summed E-state index contributed by atoms with van der Waals surface area (Å²) in [5, 5.41) is 21.9. The lowest BCUT2D eigenvalue weighted by Crippen LogP contribution is -2.30. The van der Waals surface area contributed by atoms with Crippen LogP contribution >= 0.6 is 0 Å². The van der Waals surface area contributed by atoms with Crippen LogP contribution in [0.5, 0.6) is 5.75 Å². The quantitative estimate of drug-likeness (QED) is 0.670. The molecule has 0 heterocycles. The van der Waals surface area contributed by atoms with Crippen LogP contribution in [0.3, 0.4) is 0 Å². The third-order valence-electron chi connectivity index (χ3n) is 3.10. The molecule has 0 aromatic heterocycles. The van der Waals surface area contributed by atoms with Gasteiger partial charge < -0.3 is 10.1 Å². The van der Waals surface area contributed by atoms with E-state index in [0.29, 0.717) is 0 Å². The Morgan fingerprint density at radius 2 is 2.08 bits per heavy atom. The average molecular weight is 329 g/mol. The first kappa shape index (κ1) is 16.9. The normalized spacial score (nSPS) is 11.2. The summed E-state index contributed by atoms with van der Waals surface area (Å²) in [5.41, 5.74) is -0.424. The molecule has 122 valence electrons. The Hall–Kier alpha value is -3.47. The summed E-state index contributed by atoms with van der Waals surface area (Å²) in [7, 11) is 0. The highest BCUT2D eigenvalue weighted by Crippen LogP contribution is 2.22. The van der Waals surface area contributed by atoms with Crippen LogP contribution in [-0.4, -0.2) is 16.9 Å². The Kier molecular flexibility index (Phi) is 5.06. The molecule has 1 amide bonds. The predicted octanol–water partition coefficient (Wildman–Crippen LogP) is 3.01. The number of nitro groups is 1. The first-order valence-electron chi connectivity index (χ1n) is 6.83. The maximum atomic E-state index is 13.7. The van der Waals surface area contributed by atoms with Crippen LogP contribution in [0, 0.1) is 27.3 Å². The molecule has 1 unspecified atom stereocenters. The smallest absolute Gasteiger partial charge is 0.271 e. The molecular weight excluding hydrogens is 317 g/mol. The van der Waals surface area contributed by atoms with E-state index in [1.807, 2.05) is 6.07 Å². The topological polar surface area (TPSA) is 105 Å². The number of benzene rings is 2. The van der Waals surface area contributed by atoms with Crippen LogP contribution < -0.4 is 10.1 Å². The second kappa shape index (κ2) is 7.19. The van der Waals surface area contributed by atoms with Crippen LogP contribution in [0.15, 0.2) is 42.5 Å². The molecule has 0 bridgehead atoms. The highest BCUT2D eigenvalue weighted by Gasteiger charge is 2.19. The highest BCUT2D eigenvalue weighted by atomic mass is 19.1. The predicted molar refractivity (Wildman–Crippen MR) is 82.9 cm³/mol. The van der Waals surface area contributed by atoms with Crippen molar-refractivity contribution in [3.63, 3.8) is 0 Å². The molecule has 0 fully saturated rings. The number of anilines is 1. The van der Waals surface area contributed by atoms with E-state index in [0.717, 1.165) is 18.2 Å². The van der Waals surface area contributed by atoms with Crippen molar-refractivity contribution in [1.29, 1.82) is 5.26 Å². The molecule has 0 saturated heterocycles. The van der Waals surface area contributed by atoms with Crippen molar-refractivity contribution in [3.05, 3.63) is 64.0 Å². The Morgan fingerprint density at radius 1 is 1.38 bits per heavy atom. The summed E-state index contributed by atoms with van der Waals surface area (Å²) in [6, 6.07) is 11.1. The fourth-order valence-corrected chi connectivity index (χ4v) is 1.86. The fraction of sp³-hybridized carbons (Fsp3) is 0.125. The minimum absolute atomic E-state index is 0.210. The van der Waals surface area contributed by atoms with E-state index >= 15 is 0 Å². The van der Waals surface area contributed by atoms with Crippen molar-refractivity contribution in [1.82, 2.24) is 0 Å². The van der Waals surface area contributed by atoms with Crippen LogP contribution in [0.25, 0.3) is 0 Å². The first-order chi connectivity index (χ1) is 11.4. The van der Waals surface area contributed by atoms with E-state index in [1.54, 1.807) is 12.1 Å². The number of ether oxygens (including phenoxy) is 1. The van der Waals surface area contributed by atoms with Crippen molar-refractivity contribution in [3.8, 4) is 11.8 Å². The first-order valence-corrected chi connectivity index (χ1v) is 6.83. The number of non-ortho nitro benzene ring substituents is 1. The summed E-state index contributed by atoms with van der Waals surface area (Å²) in [6.45, 7) is 1.42. The molecule has 0 aliphatic carbocycles. The minimum atomic E-state index is -1.04. The summed E-state index contributed by atoms with van der Waals surface area (Å²) in [4.78, 5) is 22.1. The van der Waals surface area contributed by atoms with E-state index in [-0.39, 0.29) is 22.7 Å². The number of nitriles is 1. The molecule has 0 aliphatic rings. The lowest BCUT2D eigenvalue weighted by atomic mass is 10.2. The van der Waals surface area contributed by atoms with Gasteiger partial charge in [-0.1, -0.05) is 12.1 Å². The van der Waals surface area contributed by atoms with Crippen molar-refractivity contribution >= 4 is 17.3 Å². The van der Waals surface area contributed by atoms with E-state index in [9.17, 15) is 19.3 Å². The molecule has 1 atom stereocenters. The highest BCUT2D eigenvalue weighted by molar-refractivity contribution is 5.94. The van der Waals surface area contributed by atoms with Gasteiger partial charge in [-0.15, -0.1) is 0 Å². The number of rotatable bonds is 5. The second-order valence-corrected chi connectivity index (χ2v) is 4.78. The Morgan fingerprint density at radius 3 is 2.75 bits per heavy atom. The van der Waals surface area contributed by atoms with Gasteiger partial charge in [0.1, 0.15) is 17.6 Å². The minimum Gasteiger partial charge on any atom is -0.480 e. The molecular formula is C16H12FN3O4. The standard InChI is InChI=1S/C16H12FN3O4/c1-10(24-15-5-3-2-4-11(15)9-18)16(21)19-14-8-12(20(22)23)6-7-13(14)17/h2-8,10H,1H3,(H,19,21). The molecule has 0 radical (unpaired) electrons. The number of nitrogens with zero attached hydrogens (tertiary/aromatic N) is 2. The molecule has 7 nitrogen and oxygen atoms in total. The molecule has 2 aromatic carbocycles. The van der Waals surface area contributed by atoms with Crippen LogP contribution in [-0.2, 0) is 4.79 Å². The van der Waals surface area contributed by atoms with E-state index < -0.39 is 22.8 Å². The van der Waals surface area contributed by atoms with Gasteiger partial charge in [-0.3, -0.25) is 14.9 Å². The lowest BCUT2D eigenvalue weighted by molar-refractivity contribution is -0.384. The van der Waals surface area contributed by atoms with Gasteiger partial charge >= 0.3 is 0 Å². The summed E-state index contributed by atoms with van der Waals surface area (Å²) >= 11 is 0. The number of carbonyl (C=O) groups excluding carboxylic acids is 1. The summed E-state index contributed by atoms with van der Waals surface area (Å²) in [6.07, 6.45) is -1.04. The van der Waals surface area contributed by atoms with E-state index in [1.165, 1.54) is 19.1 Å². The third-order valence-corrected chi connectivity index (χ3v) is 3.10. The van der Waals surface area contributed by atoms with E-state index in [2.05, 4.69) is 5.32 Å². The number of amides is 1. The van der Waals surface area contributed by atoms with Crippen molar-refractivity contribution < 1.29 is 18.8 Å². The number of nitro benzene ring substituents is 1. The van der Waals surface area contributed by atoms with Gasteiger partial charge in [0.05, 0.1) is 16.2 Å². The zero-order chi connectivity index (χ0) is 17.7. The largest absolute Gasteiger partial charge is 0.480 e. The molecule has 0 aliphatic heterocycles. The van der Waals surface area contributed by atoms with Crippen LogP contribution in [0.1, 0.15) is 12.5 Å². The Balaban J connectivity index is 2.14. The van der Waals surface area contributed by atoms with Gasteiger partial charge in [-0.25, -0.2) is 4.39 Å². The molecule has 2 rings (SSSR count). The van der Waals surface area contributed by atoms with Gasteiger partial charge in [-0.05, 0) is 25.1 Å². The molecule has 2 aromatic rings. The maximum Gasteiger partial charge on any atom is 0.271 e. The summed E-state index contributed by atoms with van der Waals surface area (Å²) < 4.78 is 19.1. The number of halogens is 1.